The first-order valence-electron chi connectivity index (χ1n) is 6.61. The molecule has 4 heteroatoms. The van der Waals surface area contributed by atoms with E-state index >= 15 is 0 Å². The summed E-state index contributed by atoms with van der Waals surface area (Å²) in [6, 6.07) is 10.2. The van der Waals surface area contributed by atoms with E-state index in [1.165, 1.54) is 5.56 Å². The van der Waals surface area contributed by atoms with E-state index in [4.69, 9.17) is 4.74 Å². The summed E-state index contributed by atoms with van der Waals surface area (Å²) in [5.74, 6) is 1.85. The number of pyridine rings is 1. The van der Waals surface area contributed by atoms with Crippen LogP contribution < -0.4 is 15.0 Å². The van der Waals surface area contributed by atoms with Crippen LogP contribution in [0.25, 0.3) is 0 Å². The Kier molecular flexibility index (Phi) is 4.45. The second kappa shape index (κ2) is 6.28. The van der Waals surface area contributed by atoms with Crippen LogP contribution >= 0.6 is 0 Å². The van der Waals surface area contributed by atoms with Crippen molar-refractivity contribution in [3.8, 4) is 5.75 Å². The normalized spacial score (nSPS) is 10.2. The summed E-state index contributed by atoms with van der Waals surface area (Å²) in [4.78, 5) is 6.36. The predicted molar refractivity (Wildman–Crippen MR) is 83.6 cm³/mol. The Morgan fingerprint density at radius 2 is 2.00 bits per heavy atom. The second-order valence-electron chi connectivity index (χ2n) is 4.97. The fourth-order valence-electron chi connectivity index (χ4n) is 2.00. The Bertz CT molecular complexity index is 564. The molecule has 1 heterocycles. The molecule has 1 aromatic heterocycles. The van der Waals surface area contributed by atoms with Gasteiger partial charge in [0.2, 0.25) is 0 Å². The fourth-order valence-corrected chi connectivity index (χ4v) is 2.00. The highest BCUT2D eigenvalue weighted by Gasteiger charge is 2.03. The van der Waals surface area contributed by atoms with E-state index in [1.54, 1.807) is 7.11 Å². The minimum atomic E-state index is 0.716. The zero-order valence-electron chi connectivity index (χ0n) is 12.5. The highest BCUT2D eigenvalue weighted by Crippen LogP contribution is 2.21. The van der Waals surface area contributed by atoms with Gasteiger partial charge in [-0.1, -0.05) is 17.7 Å². The van der Waals surface area contributed by atoms with Gasteiger partial charge in [0.15, 0.2) is 0 Å². The second-order valence-corrected chi connectivity index (χ2v) is 4.97. The zero-order chi connectivity index (χ0) is 14.5. The molecule has 0 amide bonds. The van der Waals surface area contributed by atoms with E-state index in [9.17, 15) is 0 Å². The van der Waals surface area contributed by atoms with Crippen LogP contribution in [0.15, 0.2) is 36.5 Å². The average molecular weight is 271 g/mol. The van der Waals surface area contributed by atoms with Crippen LogP contribution in [0.1, 0.15) is 11.1 Å². The third-order valence-electron chi connectivity index (χ3n) is 3.12. The molecule has 0 spiro atoms. The van der Waals surface area contributed by atoms with Crippen molar-refractivity contribution < 1.29 is 4.74 Å². The van der Waals surface area contributed by atoms with Gasteiger partial charge in [-0.3, -0.25) is 0 Å². The van der Waals surface area contributed by atoms with Crippen molar-refractivity contribution in [2.75, 3.05) is 31.4 Å². The maximum absolute atomic E-state index is 5.38. The molecular formula is C16H21N3O. The van der Waals surface area contributed by atoms with Gasteiger partial charge in [0, 0.05) is 26.2 Å². The van der Waals surface area contributed by atoms with Gasteiger partial charge in [-0.05, 0) is 25.1 Å². The van der Waals surface area contributed by atoms with Gasteiger partial charge in [-0.2, -0.15) is 0 Å². The lowest BCUT2D eigenvalue weighted by molar-refractivity contribution is 0.410. The molecule has 0 aliphatic rings. The summed E-state index contributed by atoms with van der Waals surface area (Å²) >= 11 is 0. The lowest BCUT2D eigenvalue weighted by atomic mass is 10.1. The van der Waals surface area contributed by atoms with E-state index in [0.29, 0.717) is 6.54 Å². The number of benzene rings is 1. The van der Waals surface area contributed by atoms with Crippen LogP contribution in [0.3, 0.4) is 0 Å². The number of nitrogens with zero attached hydrogens (tertiary/aromatic N) is 2. The molecule has 0 fully saturated rings. The summed E-state index contributed by atoms with van der Waals surface area (Å²) in [5.41, 5.74) is 3.37. The smallest absolute Gasteiger partial charge is 0.128 e. The van der Waals surface area contributed by atoms with Crippen molar-refractivity contribution >= 4 is 11.5 Å². The Morgan fingerprint density at radius 3 is 2.60 bits per heavy atom. The molecule has 0 unspecified atom stereocenters. The molecular weight excluding hydrogens is 250 g/mol. The van der Waals surface area contributed by atoms with Gasteiger partial charge >= 0.3 is 0 Å². The van der Waals surface area contributed by atoms with Crippen LogP contribution in [-0.4, -0.2) is 26.2 Å². The third-order valence-corrected chi connectivity index (χ3v) is 3.12. The molecule has 4 nitrogen and oxygen atoms in total. The Labute approximate surface area is 120 Å². The molecule has 106 valence electrons. The summed E-state index contributed by atoms with van der Waals surface area (Å²) in [6.45, 7) is 2.80. The lowest BCUT2D eigenvalue weighted by Crippen LogP contribution is -2.10. The van der Waals surface area contributed by atoms with Gasteiger partial charge in [-0.15, -0.1) is 0 Å². The summed E-state index contributed by atoms with van der Waals surface area (Å²) in [5, 5.41) is 3.37. The molecule has 2 aromatic rings. The minimum Gasteiger partial charge on any atom is -0.496 e. The van der Waals surface area contributed by atoms with Crippen molar-refractivity contribution in [2.24, 2.45) is 0 Å². The molecule has 0 atom stereocenters. The lowest BCUT2D eigenvalue weighted by Gasteiger charge is -2.13. The number of aryl methyl sites for hydroxylation is 1. The topological polar surface area (TPSA) is 37.4 Å². The van der Waals surface area contributed by atoms with Crippen molar-refractivity contribution in [2.45, 2.75) is 13.5 Å². The van der Waals surface area contributed by atoms with Crippen molar-refractivity contribution in [3.63, 3.8) is 0 Å². The van der Waals surface area contributed by atoms with E-state index in [2.05, 4.69) is 29.4 Å². The molecule has 1 aromatic carbocycles. The first-order valence-corrected chi connectivity index (χ1v) is 6.61. The fraction of sp³-hybridized carbons (Fsp3) is 0.312. The Balaban J connectivity index is 2.06. The third kappa shape index (κ3) is 3.41. The zero-order valence-corrected chi connectivity index (χ0v) is 12.5. The number of hydrogen-bond donors (Lipinski definition) is 1. The Morgan fingerprint density at radius 1 is 1.20 bits per heavy atom. The van der Waals surface area contributed by atoms with Crippen LogP contribution in [0, 0.1) is 6.92 Å². The summed E-state index contributed by atoms with van der Waals surface area (Å²) in [7, 11) is 5.65. The minimum absolute atomic E-state index is 0.716. The number of aromatic nitrogens is 1. The molecule has 0 radical (unpaired) electrons. The summed E-state index contributed by atoms with van der Waals surface area (Å²) < 4.78 is 5.38. The summed E-state index contributed by atoms with van der Waals surface area (Å²) in [6.07, 6.45) is 1.84. The van der Waals surface area contributed by atoms with Crippen molar-refractivity contribution in [1.29, 1.82) is 0 Å². The van der Waals surface area contributed by atoms with E-state index in [-0.39, 0.29) is 0 Å². The van der Waals surface area contributed by atoms with Crippen LogP contribution in [0.5, 0.6) is 5.75 Å². The number of anilines is 2. The Hall–Kier alpha value is -2.23. The van der Waals surface area contributed by atoms with Crippen molar-refractivity contribution in [1.82, 2.24) is 4.98 Å². The molecule has 1 N–H and O–H groups in total. The first kappa shape index (κ1) is 14.2. The number of methoxy groups -OCH3 is 1. The number of rotatable bonds is 5. The quantitative estimate of drug-likeness (QED) is 0.907. The standard InChI is InChI=1S/C16H21N3O/c1-12-5-7-15(20-4)13(9-12)10-17-14-6-8-16(18-11-14)19(2)3/h5-9,11,17H,10H2,1-4H3. The number of hydrogen-bond acceptors (Lipinski definition) is 4. The van der Waals surface area contributed by atoms with Crippen LogP contribution in [-0.2, 0) is 6.54 Å². The number of ether oxygens (including phenoxy) is 1. The molecule has 0 saturated heterocycles. The predicted octanol–water partition coefficient (Wildman–Crippen LogP) is 3.08. The van der Waals surface area contributed by atoms with Crippen LogP contribution in [0.2, 0.25) is 0 Å². The van der Waals surface area contributed by atoms with Gasteiger partial charge in [-0.25, -0.2) is 4.98 Å². The average Bonchev–Trinajstić information content (AvgIpc) is 2.45. The SMILES string of the molecule is COc1ccc(C)cc1CNc1ccc(N(C)C)nc1. The van der Waals surface area contributed by atoms with Gasteiger partial charge < -0.3 is 15.0 Å². The molecule has 20 heavy (non-hydrogen) atoms. The maximum Gasteiger partial charge on any atom is 0.128 e. The van der Waals surface area contributed by atoms with E-state index < -0.39 is 0 Å². The van der Waals surface area contributed by atoms with Crippen LogP contribution in [0.4, 0.5) is 11.5 Å². The molecule has 2 rings (SSSR count). The number of nitrogens with one attached hydrogen (secondary N) is 1. The van der Waals surface area contributed by atoms with Crippen molar-refractivity contribution in [3.05, 3.63) is 47.7 Å². The maximum atomic E-state index is 5.38. The van der Waals surface area contributed by atoms with Gasteiger partial charge in [0.1, 0.15) is 11.6 Å². The van der Waals surface area contributed by atoms with Gasteiger partial charge in [0.05, 0.1) is 19.0 Å². The highest BCUT2D eigenvalue weighted by atomic mass is 16.5. The largest absolute Gasteiger partial charge is 0.496 e. The van der Waals surface area contributed by atoms with Gasteiger partial charge in [0.25, 0.3) is 0 Å². The molecule has 0 bridgehead atoms. The molecule has 0 aliphatic heterocycles. The van der Waals surface area contributed by atoms with E-state index in [1.807, 2.05) is 43.4 Å². The monoisotopic (exact) mass is 271 g/mol. The first-order chi connectivity index (χ1) is 9.60. The molecule has 0 saturated carbocycles. The molecule has 0 aliphatic carbocycles. The highest BCUT2D eigenvalue weighted by molar-refractivity contribution is 5.49. The van der Waals surface area contributed by atoms with E-state index in [0.717, 1.165) is 22.8 Å².